The number of Topliss-reactive ketones (excluding diaryl/α,β-unsaturated/α-hetero) is 1. The number of pyridine rings is 2. The average molecular weight is 985 g/mol. The minimum absolute atomic E-state index is 0. The Morgan fingerprint density at radius 2 is 0.919 bits per heavy atom. The molecule has 4 nitrogen and oxygen atoms in total. The van der Waals surface area contributed by atoms with E-state index in [2.05, 4.69) is 172 Å². The van der Waals surface area contributed by atoms with E-state index in [1.807, 2.05) is 19.9 Å². The molecule has 0 saturated carbocycles. The molecule has 309 valence electrons. The first-order valence-electron chi connectivity index (χ1n) is 20.8. The molecule has 1 radical (unpaired) electrons. The van der Waals surface area contributed by atoms with Crippen LogP contribution < -0.4 is 0 Å². The molecular formula is C57H48IrN2O2-2. The largest absolute Gasteiger partial charge is 0.512 e. The Hall–Kier alpha value is -6.52. The third-order valence-corrected chi connectivity index (χ3v) is 11.3. The van der Waals surface area contributed by atoms with E-state index >= 15 is 0 Å². The molecule has 62 heavy (non-hydrogen) atoms. The predicted molar refractivity (Wildman–Crippen MR) is 251 cm³/mol. The van der Waals surface area contributed by atoms with Crippen molar-refractivity contribution >= 4 is 5.78 Å². The molecule has 6 aromatic carbocycles. The van der Waals surface area contributed by atoms with E-state index in [0.29, 0.717) is 18.4 Å². The summed E-state index contributed by atoms with van der Waals surface area (Å²) in [6, 6.07) is 60.4. The number of aryl methyl sites for hydroxylation is 5. The Balaban J connectivity index is 0.00000578. The zero-order valence-electron chi connectivity index (χ0n) is 35.9. The summed E-state index contributed by atoms with van der Waals surface area (Å²) in [5, 5.41) is 10.0. The quantitative estimate of drug-likeness (QED) is 0.0797. The Kier molecular flexibility index (Phi) is 13.4. The van der Waals surface area contributed by atoms with Crippen molar-refractivity contribution in [2.75, 3.05) is 0 Å². The maximum absolute atomic E-state index is 13.1. The van der Waals surface area contributed by atoms with Gasteiger partial charge >= 0.3 is 0 Å². The van der Waals surface area contributed by atoms with Crippen LogP contribution in [-0.4, -0.2) is 20.9 Å². The van der Waals surface area contributed by atoms with Crippen LogP contribution in [0.2, 0.25) is 0 Å². The first kappa shape index (κ1) is 43.6. The van der Waals surface area contributed by atoms with Gasteiger partial charge in [0.15, 0.2) is 5.78 Å². The Bertz CT molecular complexity index is 2740. The fourth-order valence-electron chi connectivity index (χ4n) is 8.19. The number of nitrogens with zero attached hydrogens (tertiary/aromatic N) is 2. The number of allylic oxidation sites excluding steroid dienone is 2. The van der Waals surface area contributed by atoms with Crippen molar-refractivity contribution in [2.24, 2.45) is 0 Å². The van der Waals surface area contributed by atoms with Crippen LogP contribution in [0, 0.1) is 39.8 Å². The molecule has 0 unspecified atom stereocenters. The van der Waals surface area contributed by atoms with Gasteiger partial charge in [0.2, 0.25) is 0 Å². The topological polar surface area (TPSA) is 63.1 Å². The van der Waals surface area contributed by atoms with Gasteiger partial charge in [0.1, 0.15) is 0 Å². The van der Waals surface area contributed by atoms with Crippen LogP contribution in [0.1, 0.15) is 48.3 Å². The monoisotopic (exact) mass is 985 g/mol. The van der Waals surface area contributed by atoms with Crippen molar-refractivity contribution in [1.82, 2.24) is 9.97 Å². The van der Waals surface area contributed by atoms with E-state index < -0.39 is 0 Å². The minimum Gasteiger partial charge on any atom is -0.512 e. The second kappa shape index (κ2) is 19.0. The van der Waals surface area contributed by atoms with E-state index in [-0.39, 0.29) is 31.6 Å². The number of ketones is 1. The van der Waals surface area contributed by atoms with Gasteiger partial charge < -0.3 is 15.1 Å². The van der Waals surface area contributed by atoms with Gasteiger partial charge in [-0.1, -0.05) is 118 Å². The van der Waals surface area contributed by atoms with Gasteiger partial charge in [-0.2, -0.15) is 0 Å². The van der Waals surface area contributed by atoms with Crippen LogP contribution >= 0.6 is 0 Å². The van der Waals surface area contributed by atoms with Gasteiger partial charge in [-0.05, 0) is 129 Å². The van der Waals surface area contributed by atoms with Crippen molar-refractivity contribution in [2.45, 2.75) is 54.4 Å². The van der Waals surface area contributed by atoms with Gasteiger partial charge in [0, 0.05) is 43.5 Å². The van der Waals surface area contributed by atoms with Crippen LogP contribution in [0.4, 0.5) is 0 Å². The Morgan fingerprint density at radius 1 is 0.516 bits per heavy atom. The molecule has 1 N–H and O–H groups in total. The number of benzene rings is 6. The van der Waals surface area contributed by atoms with Crippen molar-refractivity contribution in [3.8, 4) is 78.1 Å². The average Bonchev–Trinajstić information content (AvgIpc) is 3.27. The molecule has 0 spiro atoms. The molecule has 0 aliphatic rings. The Morgan fingerprint density at radius 3 is 1.32 bits per heavy atom. The number of hydrogen-bond acceptors (Lipinski definition) is 4. The first-order valence-corrected chi connectivity index (χ1v) is 20.8. The van der Waals surface area contributed by atoms with Crippen molar-refractivity contribution in [3.05, 3.63) is 203 Å². The third-order valence-electron chi connectivity index (χ3n) is 11.3. The molecule has 0 aliphatic heterocycles. The first-order chi connectivity index (χ1) is 29.5. The summed E-state index contributed by atoms with van der Waals surface area (Å²) in [6.45, 7) is 11.5. The molecule has 2 aromatic heterocycles. The second-order valence-electron chi connectivity index (χ2n) is 16.0. The maximum Gasteiger partial charge on any atom is 0.162 e. The van der Waals surface area contributed by atoms with Crippen molar-refractivity contribution in [3.63, 3.8) is 0 Å². The molecule has 0 fully saturated rings. The van der Waals surface area contributed by atoms with Gasteiger partial charge in [-0.3, -0.25) is 4.79 Å². The molecule has 5 heteroatoms. The summed E-state index contributed by atoms with van der Waals surface area (Å²) in [5.74, 6) is 0.00988. The second-order valence-corrected chi connectivity index (χ2v) is 16.0. The molecule has 0 amide bonds. The number of hydrogen-bond donors (Lipinski definition) is 1. The number of aliphatic hydroxyl groups is 1. The van der Waals surface area contributed by atoms with Gasteiger partial charge in [-0.15, -0.1) is 59.7 Å². The SMILES string of the molecule is C/C(O)=C(\C)C(=O)CCc1ccccc1-c1cc(-c2ccccc2-c2c[c-]c(-c3cc(C)cc(C)n3)cc2)cc(-c2ccccc2-c2c[c-]c(-c3cc(C)cc(C)n3)cc2)c1.[Ir]. The zero-order valence-corrected chi connectivity index (χ0v) is 38.3. The van der Waals surface area contributed by atoms with E-state index in [1.165, 1.54) is 11.1 Å². The summed E-state index contributed by atoms with van der Waals surface area (Å²) in [5.41, 5.74) is 20.3. The molecule has 0 atom stereocenters. The zero-order chi connectivity index (χ0) is 42.6. The molecular weight excluding hydrogens is 937 g/mol. The molecule has 0 saturated heterocycles. The van der Waals surface area contributed by atoms with Crippen LogP contribution in [-0.2, 0) is 31.3 Å². The van der Waals surface area contributed by atoms with E-state index in [9.17, 15) is 9.90 Å². The van der Waals surface area contributed by atoms with Crippen LogP contribution in [0.15, 0.2) is 163 Å². The fraction of sp³-hybridized carbons (Fsp3) is 0.140. The van der Waals surface area contributed by atoms with Crippen molar-refractivity contribution < 1.29 is 30.0 Å². The van der Waals surface area contributed by atoms with E-state index in [1.54, 1.807) is 13.8 Å². The molecule has 8 aromatic rings. The van der Waals surface area contributed by atoms with Crippen LogP contribution in [0.3, 0.4) is 0 Å². The summed E-state index contributed by atoms with van der Waals surface area (Å²) in [4.78, 5) is 22.6. The summed E-state index contributed by atoms with van der Waals surface area (Å²) in [7, 11) is 0. The fourth-order valence-corrected chi connectivity index (χ4v) is 8.19. The Labute approximate surface area is 379 Å². The van der Waals surface area contributed by atoms with Gasteiger partial charge in [0.25, 0.3) is 0 Å². The predicted octanol–water partition coefficient (Wildman–Crippen LogP) is 14.3. The van der Waals surface area contributed by atoms with Crippen molar-refractivity contribution in [1.29, 1.82) is 0 Å². The number of carbonyl (C=O) groups is 1. The van der Waals surface area contributed by atoms with E-state index in [4.69, 9.17) is 9.97 Å². The normalized spacial score (nSPS) is 11.5. The van der Waals surface area contributed by atoms with Gasteiger partial charge in [0.05, 0.1) is 5.76 Å². The van der Waals surface area contributed by atoms with Crippen LogP contribution in [0.25, 0.3) is 78.1 Å². The van der Waals surface area contributed by atoms with E-state index in [0.717, 1.165) is 95.1 Å². The number of aliphatic hydroxyl groups excluding tert-OH is 1. The summed E-state index contributed by atoms with van der Waals surface area (Å²) >= 11 is 0. The number of aromatic nitrogens is 2. The molecule has 0 aliphatic carbocycles. The molecule has 8 rings (SSSR count). The smallest absolute Gasteiger partial charge is 0.162 e. The van der Waals surface area contributed by atoms with Gasteiger partial charge in [-0.25, -0.2) is 0 Å². The summed E-state index contributed by atoms with van der Waals surface area (Å²) < 4.78 is 0. The third kappa shape index (κ3) is 9.66. The maximum atomic E-state index is 13.1. The van der Waals surface area contributed by atoms with Crippen LogP contribution in [0.5, 0.6) is 0 Å². The number of rotatable bonds is 11. The summed E-state index contributed by atoms with van der Waals surface area (Å²) in [6.07, 6.45) is 0.842. The standard InChI is InChI=1S/C57H48N2O2.Ir/c1-36-29-38(3)58-55(31-36)45-23-19-43(20-24-45)51-15-9-11-17-53(51)48-33-47(50-14-8-7-13-42(50)27-28-57(61)40(5)41(6)60)34-49(35-48)54-18-12-10-16-52(54)44-21-25-46(26-22-44)56-32-37(2)30-39(4)59-56;/h7-23,25,29-35,60H,27-28H2,1-6H3;/q-2;/b41-40-;. The molecule has 2 heterocycles. The molecule has 0 bridgehead atoms. The minimum atomic E-state index is -0.0561. The number of carbonyl (C=O) groups excluding carboxylic acids is 1.